The molecule has 0 saturated carbocycles. The number of rotatable bonds is 6. The number of carbonyl (C=O) groups excluding carboxylic acids is 1. The molecule has 152 valence electrons. The molecule has 1 N–H and O–H groups in total. The zero-order valence-corrected chi connectivity index (χ0v) is 18.0. The quantitative estimate of drug-likeness (QED) is 0.369. The van der Waals surface area contributed by atoms with Gasteiger partial charge in [0.2, 0.25) is 5.91 Å². The zero-order valence-electron chi connectivity index (χ0n) is 16.4. The van der Waals surface area contributed by atoms with Gasteiger partial charge in [0.15, 0.2) is 16.5 Å². The van der Waals surface area contributed by atoms with E-state index in [-0.39, 0.29) is 5.91 Å². The molecule has 0 saturated heterocycles. The number of halogens is 1. The third-order valence-corrected chi connectivity index (χ3v) is 5.56. The summed E-state index contributed by atoms with van der Waals surface area (Å²) < 4.78 is 11.1. The molecule has 2 heterocycles. The SMILES string of the molecule is COc1cc(Cl)cc2cc(C=CC(=O)Nc3ncc(Cc4cccc(C)c4)s3)oc12. The number of thiazole rings is 1. The van der Waals surface area contributed by atoms with Gasteiger partial charge in [-0.3, -0.25) is 10.1 Å². The van der Waals surface area contributed by atoms with Crippen molar-refractivity contribution < 1.29 is 13.9 Å². The molecule has 0 aliphatic heterocycles. The number of benzene rings is 2. The molecule has 0 spiro atoms. The Morgan fingerprint density at radius 2 is 2.17 bits per heavy atom. The van der Waals surface area contributed by atoms with Gasteiger partial charge in [0.1, 0.15) is 5.76 Å². The summed E-state index contributed by atoms with van der Waals surface area (Å²) in [5, 5.41) is 4.71. The molecule has 30 heavy (non-hydrogen) atoms. The second-order valence-corrected chi connectivity index (χ2v) is 8.35. The van der Waals surface area contributed by atoms with Crippen molar-refractivity contribution in [3.8, 4) is 5.75 Å². The maximum atomic E-state index is 12.3. The smallest absolute Gasteiger partial charge is 0.250 e. The van der Waals surface area contributed by atoms with Crippen molar-refractivity contribution in [3.63, 3.8) is 0 Å². The first kappa shape index (κ1) is 20.2. The van der Waals surface area contributed by atoms with Crippen LogP contribution in [0.1, 0.15) is 21.8 Å². The van der Waals surface area contributed by atoms with Crippen LogP contribution >= 0.6 is 22.9 Å². The number of carbonyl (C=O) groups is 1. The van der Waals surface area contributed by atoms with E-state index in [1.165, 1.54) is 28.5 Å². The Bertz CT molecular complexity index is 1240. The van der Waals surface area contributed by atoms with Crippen LogP contribution in [-0.4, -0.2) is 18.0 Å². The molecule has 2 aromatic heterocycles. The van der Waals surface area contributed by atoms with Crippen LogP contribution in [0, 0.1) is 6.92 Å². The number of fused-ring (bicyclic) bond motifs is 1. The minimum atomic E-state index is -0.281. The Labute approximate surface area is 183 Å². The Balaban J connectivity index is 1.42. The Morgan fingerprint density at radius 1 is 1.30 bits per heavy atom. The highest BCUT2D eigenvalue weighted by Gasteiger charge is 2.10. The van der Waals surface area contributed by atoms with Crippen molar-refractivity contribution in [2.75, 3.05) is 12.4 Å². The van der Waals surface area contributed by atoms with E-state index in [0.717, 1.165) is 16.7 Å². The average Bonchev–Trinajstić information content (AvgIpc) is 3.32. The normalized spacial score (nSPS) is 11.3. The highest BCUT2D eigenvalue weighted by Crippen LogP contribution is 2.32. The maximum Gasteiger partial charge on any atom is 0.250 e. The lowest BCUT2D eigenvalue weighted by Crippen LogP contribution is -2.06. The second-order valence-electron chi connectivity index (χ2n) is 6.80. The summed E-state index contributed by atoms with van der Waals surface area (Å²) in [6, 6.07) is 13.6. The second kappa shape index (κ2) is 8.73. The molecule has 0 radical (unpaired) electrons. The predicted octanol–water partition coefficient (Wildman–Crippen LogP) is 6.10. The maximum absolute atomic E-state index is 12.3. The molecule has 4 rings (SSSR count). The number of aromatic nitrogens is 1. The molecule has 4 aromatic rings. The summed E-state index contributed by atoms with van der Waals surface area (Å²) in [4.78, 5) is 17.7. The molecule has 0 aliphatic rings. The lowest BCUT2D eigenvalue weighted by Gasteiger charge is -2.00. The number of methoxy groups -OCH3 is 1. The lowest BCUT2D eigenvalue weighted by molar-refractivity contribution is -0.111. The van der Waals surface area contributed by atoms with Gasteiger partial charge in [0, 0.05) is 40.0 Å². The summed E-state index contributed by atoms with van der Waals surface area (Å²) in [5.41, 5.74) is 3.03. The highest BCUT2D eigenvalue weighted by molar-refractivity contribution is 7.15. The van der Waals surface area contributed by atoms with Crippen molar-refractivity contribution in [1.29, 1.82) is 0 Å². The van der Waals surface area contributed by atoms with Gasteiger partial charge < -0.3 is 9.15 Å². The Morgan fingerprint density at radius 3 is 2.97 bits per heavy atom. The van der Waals surface area contributed by atoms with E-state index >= 15 is 0 Å². The highest BCUT2D eigenvalue weighted by atomic mass is 35.5. The van der Waals surface area contributed by atoms with Gasteiger partial charge in [-0.15, -0.1) is 11.3 Å². The summed E-state index contributed by atoms with van der Waals surface area (Å²) in [6.07, 6.45) is 5.59. The number of hydrogen-bond acceptors (Lipinski definition) is 5. The fraction of sp³-hybridized carbons (Fsp3) is 0.130. The number of hydrogen-bond donors (Lipinski definition) is 1. The first-order valence-electron chi connectivity index (χ1n) is 9.26. The van der Waals surface area contributed by atoms with E-state index < -0.39 is 0 Å². The summed E-state index contributed by atoms with van der Waals surface area (Å²) in [5.74, 6) is 0.794. The minimum absolute atomic E-state index is 0.281. The number of aryl methyl sites for hydroxylation is 1. The van der Waals surface area contributed by atoms with E-state index in [4.69, 9.17) is 20.8 Å². The van der Waals surface area contributed by atoms with Crippen LogP contribution in [0.5, 0.6) is 5.75 Å². The molecule has 0 bridgehead atoms. The monoisotopic (exact) mass is 438 g/mol. The molecular weight excluding hydrogens is 420 g/mol. The van der Waals surface area contributed by atoms with Crippen molar-refractivity contribution in [2.45, 2.75) is 13.3 Å². The van der Waals surface area contributed by atoms with E-state index in [1.54, 1.807) is 37.6 Å². The molecule has 0 fully saturated rings. The van der Waals surface area contributed by atoms with Crippen molar-refractivity contribution >= 4 is 51.0 Å². The molecule has 7 heteroatoms. The minimum Gasteiger partial charge on any atom is -0.493 e. The van der Waals surface area contributed by atoms with E-state index in [2.05, 4.69) is 35.4 Å². The summed E-state index contributed by atoms with van der Waals surface area (Å²) in [6.45, 7) is 2.07. The predicted molar refractivity (Wildman–Crippen MR) is 122 cm³/mol. The van der Waals surface area contributed by atoms with Crippen LogP contribution in [0.2, 0.25) is 5.02 Å². The third kappa shape index (κ3) is 4.72. The Kier molecular flexibility index (Phi) is 5.88. The molecule has 0 aliphatic carbocycles. The van der Waals surface area contributed by atoms with Gasteiger partial charge in [-0.05, 0) is 30.7 Å². The Hall–Kier alpha value is -3.09. The molecular formula is C23H19ClN2O3S. The van der Waals surface area contributed by atoms with Crippen molar-refractivity contribution in [1.82, 2.24) is 4.98 Å². The van der Waals surface area contributed by atoms with Gasteiger partial charge in [-0.1, -0.05) is 41.4 Å². The fourth-order valence-electron chi connectivity index (χ4n) is 3.11. The van der Waals surface area contributed by atoms with E-state index in [1.807, 2.05) is 6.07 Å². The summed E-state index contributed by atoms with van der Waals surface area (Å²) in [7, 11) is 1.55. The van der Waals surface area contributed by atoms with Crippen LogP contribution in [0.25, 0.3) is 17.0 Å². The third-order valence-electron chi connectivity index (χ3n) is 4.43. The number of furan rings is 1. The van der Waals surface area contributed by atoms with Gasteiger partial charge in [-0.2, -0.15) is 0 Å². The van der Waals surface area contributed by atoms with Gasteiger partial charge in [-0.25, -0.2) is 4.98 Å². The van der Waals surface area contributed by atoms with E-state index in [9.17, 15) is 4.79 Å². The van der Waals surface area contributed by atoms with Crippen LogP contribution in [0.4, 0.5) is 5.13 Å². The van der Waals surface area contributed by atoms with Crippen LogP contribution in [-0.2, 0) is 11.2 Å². The number of anilines is 1. The van der Waals surface area contributed by atoms with Crippen LogP contribution in [0.3, 0.4) is 0 Å². The molecule has 0 unspecified atom stereocenters. The largest absolute Gasteiger partial charge is 0.493 e. The molecule has 2 aromatic carbocycles. The number of ether oxygens (including phenoxy) is 1. The van der Waals surface area contributed by atoms with Crippen molar-refractivity contribution in [3.05, 3.63) is 81.5 Å². The van der Waals surface area contributed by atoms with Gasteiger partial charge in [0.25, 0.3) is 0 Å². The number of nitrogens with zero attached hydrogens (tertiary/aromatic N) is 1. The van der Waals surface area contributed by atoms with Crippen LogP contribution < -0.4 is 10.1 Å². The average molecular weight is 439 g/mol. The van der Waals surface area contributed by atoms with Gasteiger partial charge in [0.05, 0.1) is 7.11 Å². The number of amides is 1. The first-order chi connectivity index (χ1) is 14.5. The van der Waals surface area contributed by atoms with Gasteiger partial charge >= 0.3 is 0 Å². The zero-order chi connectivity index (χ0) is 21.1. The first-order valence-corrected chi connectivity index (χ1v) is 10.5. The number of nitrogens with one attached hydrogen (secondary N) is 1. The molecule has 0 atom stereocenters. The molecule has 5 nitrogen and oxygen atoms in total. The lowest BCUT2D eigenvalue weighted by atomic mass is 10.1. The molecule has 1 amide bonds. The topological polar surface area (TPSA) is 64.4 Å². The standard InChI is InChI=1S/C23H19ClN2O3S/c1-14-4-3-5-15(8-14)9-19-13-25-23(30-19)26-21(27)7-6-18-11-16-10-17(24)12-20(28-2)22(16)29-18/h3-8,10-13H,9H2,1-2H3,(H,25,26,27). The van der Waals surface area contributed by atoms with E-state index in [0.29, 0.717) is 27.2 Å². The summed E-state index contributed by atoms with van der Waals surface area (Å²) >= 11 is 7.54. The van der Waals surface area contributed by atoms with Crippen molar-refractivity contribution in [2.24, 2.45) is 0 Å². The fourth-order valence-corrected chi connectivity index (χ4v) is 4.18. The van der Waals surface area contributed by atoms with Crippen LogP contribution in [0.15, 0.2) is 59.2 Å².